The van der Waals surface area contributed by atoms with Crippen LogP contribution in [-0.4, -0.2) is 4.57 Å². The molecule has 0 aliphatic heterocycles. The predicted molar refractivity (Wildman–Crippen MR) is 283 cm³/mol. The number of para-hydroxylation sites is 3. The molecule has 0 amide bonds. The maximum atomic E-state index is 6.84. The Morgan fingerprint density at radius 3 is 1.74 bits per heavy atom. The van der Waals surface area contributed by atoms with E-state index in [0.717, 1.165) is 66.7 Å². The van der Waals surface area contributed by atoms with Gasteiger partial charge >= 0.3 is 0 Å². The second kappa shape index (κ2) is 15.1. The van der Waals surface area contributed by atoms with E-state index >= 15 is 0 Å². The van der Waals surface area contributed by atoms with Crippen molar-refractivity contribution in [3.05, 3.63) is 277 Å². The Morgan fingerprint density at radius 1 is 0.368 bits per heavy atom. The molecule has 3 heteroatoms. The lowest BCUT2D eigenvalue weighted by Crippen LogP contribution is -2.28. The first kappa shape index (κ1) is 38.4. The van der Waals surface area contributed by atoms with E-state index in [1.165, 1.54) is 55.1 Å². The van der Waals surface area contributed by atoms with Crippen LogP contribution in [0, 0.1) is 0 Å². The van der Waals surface area contributed by atoms with E-state index in [0.29, 0.717) is 0 Å². The zero-order chi connectivity index (χ0) is 44.8. The molecule has 0 atom stereocenters. The van der Waals surface area contributed by atoms with E-state index < -0.39 is 5.41 Å². The van der Waals surface area contributed by atoms with Gasteiger partial charge in [0.25, 0.3) is 0 Å². The van der Waals surface area contributed by atoms with E-state index in [1.807, 2.05) is 0 Å². The van der Waals surface area contributed by atoms with Crippen LogP contribution in [0.5, 0.6) is 0 Å². The molecule has 3 nitrogen and oxygen atoms in total. The third-order valence-corrected chi connectivity index (χ3v) is 14.5. The zero-order valence-corrected chi connectivity index (χ0v) is 37.1. The molecule has 0 fully saturated rings. The largest absolute Gasteiger partial charge is 0.455 e. The van der Waals surface area contributed by atoms with Gasteiger partial charge in [0.2, 0.25) is 0 Å². The first-order valence-electron chi connectivity index (χ1n) is 23.4. The second-order valence-corrected chi connectivity index (χ2v) is 17.9. The van der Waals surface area contributed by atoms with Crippen molar-refractivity contribution < 1.29 is 4.42 Å². The van der Waals surface area contributed by atoms with Crippen LogP contribution in [0.2, 0.25) is 0 Å². The van der Waals surface area contributed by atoms with Crippen molar-refractivity contribution >= 4 is 71.6 Å². The summed E-state index contributed by atoms with van der Waals surface area (Å²) in [6.45, 7) is 0. The van der Waals surface area contributed by atoms with E-state index in [4.69, 9.17) is 4.42 Å². The molecular weight excluding hydrogens is 825 g/mol. The lowest BCUT2D eigenvalue weighted by atomic mass is 9.68. The number of furan rings is 1. The quantitative estimate of drug-likeness (QED) is 0.159. The van der Waals surface area contributed by atoms with Gasteiger partial charge in [0.1, 0.15) is 11.2 Å². The van der Waals surface area contributed by atoms with Crippen LogP contribution >= 0.6 is 0 Å². The van der Waals surface area contributed by atoms with Gasteiger partial charge in [0.15, 0.2) is 0 Å². The van der Waals surface area contributed by atoms with Crippen LogP contribution in [0.25, 0.3) is 82.5 Å². The molecule has 13 aromatic rings. The highest BCUT2D eigenvalue weighted by molar-refractivity contribution is 6.17. The first-order valence-corrected chi connectivity index (χ1v) is 23.4. The van der Waals surface area contributed by atoms with E-state index in [2.05, 4.69) is 264 Å². The molecule has 0 N–H and O–H groups in total. The smallest absolute Gasteiger partial charge is 0.143 e. The number of benzene rings is 11. The molecular formula is C65H42N2O. The Morgan fingerprint density at radius 2 is 0.941 bits per heavy atom. The predicted octanol–water partition coefficient (Wildman–Crippen LogP) is 17.3. The van der Waals surface area contributed by atoms with E-state index in [9.17, 15) is 0 Å². The maximum absolute atomic E-state index is 6.84. The minimum Gasteiger partial charge on any atom is -0.455 e. The first-order chi connectivity index (χ1) is 33.8. The average Bonchev–Trinajstić information content (AvgIpc) is 4.07. The van der Waals surface area contributed by atoms with Crippen LogP contribution < -0.4 is 4.90 Å². The van der Waals surface area contributed by atoms with Crippen molar-refractivity contribution in [3.8, 4) is 27.9 Å². The normalized spacial score (nSPS) is 12.8. The van der Waals surface area contributed by atoms with Crippen LogP contribution in [0.1, 0.15) is 22.3 Å². The standard InChI is InChI=1S/C65H42N2O/c1-4-19-45(20-5-1)65(46-21-6-2-7-22-46)57-30-14-12-27-56(57)62-58(65)31-17-33-60(62)66(49-39-41-53-52-26-13-15-32-59(52)67(61(53)42-49)47-23-8-3-9-24-47)48-37-34-44(35-38-48)51-28-16-29-54-55-40-36-43-18-10-11-25-50(43)64(55)68-63(51)54/h1-42H. The van der Waals surface area contributed by atoms with Crippen LogP contribution in [0.4, 0.5) is 17.1 Å². The number of nitrogens with zero attached hydrogens (tertiary/aromatic N) is 2. The third kappa shape index (κ3) is 5.54. The van der Waals surface area contributed by atoms with Crippen molar-refractivity contribution in [3.63, 3.8) is 0 Å². The monoisotopic (exact) mass is 866 g/mol. The van der Waals surface area contributed by atoms with Gasteiger partial charge in [0, 0.05) is 55.1 Å². The lowest BCUT2D eigenvalue weighted by Gasteiger charge is -2.34. The van der Waals surface area contributed by atoms with Gasteiger partial charge in [-0.3, -0.25) is 0 Å². The maximum Gasteiger partial charge on any atom is 0.143 e. The summed E-state index contributed by atoms with van der Waals surface area (Å²) < 4.78 is 9.25. The molecule has 318 valence electrons. The molecule has 1 aliphatic rings. The van der Waals surface area contributed by atoms with Gasteiger partial charge in [0.05, 0.1) is 22.1 Å². The second-order valence-electron chi connectivity index (χ2n) is 17.9. The molecule has 0 radical (unpaired) electrons. The highest BCUT2D eigenvalue weighted by Crippen LogP contribution is 2.59. The highest BCUT2D eigenvalue weighted by atomic mass is 16.3. The molecule has 0 bridgehead atoms. The minimum absolute atomic E-state index is 0.541. The lowest BCUT2D eigenvalue weighted by molar-refractivity contribution is 0.674. The van der Waals surface area contributed by atoms with Crippen molar-refractivity contribution in [2.75, 3.05) is 4.90 Å². The van der Waals surface area contributed by atoms with Gasteiger partial charge in [-0.15, -0.1) is 0 Å². The van der Waals surface area contributed by atoms with Gasteiger partial charge in [-0.05, 0) is 93.4 Å². The topological polar surface area (TPSA) is 21.3 Å². The number of aromatic nitrogens is 1. The SMILES string of the molecule is c1ccc(-n2c3ccccc3c3ccc(N(c4ccc(-c5cccc6c5oc5c7ccccc7ccc65)cc4)c4cccc5c4-c4ccccc4C5(c4ccccc4)c4ccccc4)cc32)cc1. The van der Waals surface area contributed by atoms with Gasteiger partial charge < -0.3 is 13.9 Å². The number of anilines is 3. The van der Waals surface area contributed by atoms with Gasteiger partial charge in [-0.25, -0.2) is 0 Å². The molecule has 2 heterocycles. The molecule has 1 aliphatic carbocycles. The fraction of sp³-hybridized carbons (Fsp3) is 0.0154. The number of rotatable bonds is 7. The molecule has 14 rings (SSSR count). The highest BCUT2D eigenvalue weighted by Gasteiger charge is 2.47. The summed E-state index contributed by atoms with van der Waals surface area (Å²) in [6.07, 6.45) is 0. The minimum atomic E-state index is -0.541. The molecule has 11 aromatic carbocycles. The van der Waals surface area contributed by atoms with E-state index in [1.54, 1.807) is 0 Å². The molecule has 0 spiro atoms. The molecule has 68 heavy (non-hydrogen) atoms. The van der Waals surface area contributed by atoms with Crippen LogP contribution in [-0.2, 0) is 5.41 Å². The summed E-state index contributed by atoms with van der Waals surface area (Å²) >= 11 is 0. The van der Waals surface area contributed by atoms with Crippen molar-refractivity contribution in [2.45, 2.75) is 5.41 Å². The summed E-state index contributed by atoms with van der Waals surface area (Å²) in [6, 6.07) is 93.1. The zero-order valence-electron chi connectivity index (χ0n) is 37.1. The Kier molecular flexibility index (Phi) is 8.50. The van der Waals surface area contributed by atoms with Crippen LogP contribution in [0.3, 0.4) is 0 Å². The summed E-state index contributed by atoms with van der Waals surface area (Å²) in [5, 5.41) is 6.99. The Balaban J connectivity index is 1.02. The van der Waals surface area contributed by atoms with Gasteiger partial charge in [-0.1, -0.05) is 200 Å². The van der Waals surface area contributed by atoms with Gasteiger partial charge in [-0.2, -0.15) is 0 Å². The summed E-state index contributed by atoms with van der Waals surface area (Å²) in [5.74, 6) is 0. The molecule has 0 unspecified atom stereocenters. The Bertz CT molecular complexity index is 4030. The fourth-order valence-electron chi connectivity index (χ4n) is 11.6. The van der Waals surface area contributed by atoms with Crippen molar-refractivity contribution in [2.24, 2.45) is 0 Å². The van der Waals surface area contributed by atoms with Crippen LogP contribution in [0.15, 0.2) is 259 Å². The van der Waals surface area contributed by atoms with E-state index in [-0.39, 0.29) is 0 Å². The van der Waals surface area contributed by atoms with Crippen molar-refractivity contribution in [1.82, 2.24) is 4.57 Å². The average molecular weight is 867 g/mol. The molecule has 2 aromatic heterocycles. The molecule has 0 saturated carbocycles. The Labute approximate surface area is 394 Å². The number of hydrogen-bond acceptors (Lipinski definition) is 2. The summed E-state index contributed by atoms with van der Waals surface area (Å²) in [4.78, 5) is 2.48. The van der Waals surface area contributed by atoms with Crippen molar-refractivity contribution in [1.29, 1.82) is 0 Å². The third-order valence-electron chi connectivity index (χ3n) is 14.5. The number of fused-ring (bicyclic) bond motifs is 11. The number of hydrogen-bond donors (Lipinski definition) is 0. The fourth-order valence-corrected chi connectivity index (χ4v) is 11.6. The summed E-state index contributed by atoms with van der Waals surface area (Å²) in [7, 11) is 0. The Hall–Kier alpha value is -8.92. The molecule has 0 saturated heterocycles. The summed E-state index contributed by atoms with van der Waals surface area (Å²) in [5.41, 5.74) is 17.6.